The first-order chi connectivity index (χ1) is 7.66. The third kappa shape index (κ3) is 2.84. The Morgan fingerprint density at radius 3 is 2.81 bits per heavy atom. The van der Waals surface area contributed by atoms with Crippen LogP contribution in [0, 0.1) is 19.8 Å². The molecule has 1 aliphatic carbocycles. The van der Waals surface area contributed by atoms with Crippen molar-refractivity contribution >= 4 is 11.3 Å². The van der Waals surface area contributed by atoms with Crippen molar-refractivity contribution in [3.05, 3.63) is 21.4 Å². The lowest BCUT2D eigenvalue weighted by Crippen LogP contribution is -2.27. The van der Waals surface area contributed by atoms with Gasteiger partial charge in [-0.1, -0.05) is 6.42 Å². The van der Waals surface area contributed by atoms with E-state index >= 15 is 0 Å². The Bertz CT molecular complexity index is 348. The van der Waals surface area contributed by atoms with Crippen LogP contribution in [0.1, 0.15) is 34.6 Å². The summed E-state index contributed by atoms with van der Waals surface area (Å²) >= 11 is 1.86. The highest BCUT2D eigenvalue weighted by atomic mass is 32.1. The molecule has 0 aliphatic heterocycles. The number of thiophene rings is 1. The Morgan fingerprint density at radius 2 is 2.25 bits per heavy atom. The third-order valence-corrected chi connectivity index (χ3v) is 4.49. The van der Waals surface area contributed by atoms with Crippen LogP contribution in [0.3, 0.4) is 0 Å². The van der Waals surface area contributed by atoms with Crippen molar-refractivity contribution in [3.8, 4) is 0 Å². The van der Waals surface area contributed by atoms with Gasteiger partial charge in [0.2, 0.25) is 0 Å². The molecular formula is C13H21NOS. The second kappa shape index (κ2) is 5.30. The van der Waals surface area contributed by atoms with Crippen LogP contribution in [-0.4, -0.2) is 17.8 Å². The Morgan fingerprint density at radius 1 is 1.44 bits per heavy atom. The van der Waals surface area contributed by atoms with Crippen molar-refractivity contribution in [1.82, 2.24) is 5.32 Å². The van der Waals surface area contributed by atoms with Gasteiger partial charge in [0.25, 0.3) is 0 Å². The van der Waals surface area contributed by atoms with E-state index in [4.69, 9.17) is 0 Å². The predicted octanol–water partition coefficient (Wildman–Crippen LogP) is 2.62. The zero-order chi connectivity index (χ0) is 11.5. The van der Waals surface area contributed by atoms with Gasteiger partial charge in [-0.25, -0.2) is 0 Å². The summed E-state index contributed by atoms with van der Waals surface area (Å²) < 4.78 is 0. The Balaban J connectivity index is 1.77. The number of aliphatic hydroxyl groups is 1. The van der Waals surface area contributed by atoms with Gasteiger partial charge in [-0.15, -0.1) is 11.3 Å². The lowest BCUT2D eigenvalue weighted by molar-refractivity contribution is 0.131. The summed E-state index contributed by atoms with van der Waals surface area (Å²) in [6, 6.07) is 2.26. The monoisotopic (exact) mass is 239 g/mol. The minimum absolute atomic E-state index is 0.0715. The number of aliphatic hydroxyl groups excluding tert-OH is 1. The van der Waals surface area contributed by atoms with Crippen LogP contribution in [0.2, 0.25) is 0 Å². The molecule has 1 aromatic heterocycles. The SMILES string of the molecule is Cc1cc(CNCC2CCCC2O)c(C)s1. The smallest absolute Gasteiger partial charge is 0.0580 e. The van der Waals surface area contributed by atoms with E-state index < -0.39 is 0 Å². The van der Waals surface area contributed by atoms with E-state index in [1.807, 2.05) is 11.3 Å². The predicted molar refractivity (Wildman–Crippen MR) is 68.8 cm³/mol. The van der Waals surface area contributed by atoms with Gasteiger partial charge >= 0.3 is 0 Å². The number of rotatable bonds is 4. The van der Waals surface area contributed by atoms with Crippen LogP contribution in [0.4, 0.5) is 0 Å². The maximum absolute atomic E-state index is 9.71. The van der Waals surface area contributed by atoms with Gasteiger partial charge in [-0.3, -0.25) is 0 Å². The standard InChI is InChI=1S/C13H21NOS/c1-9-6-12(10(2)16-9)8-14-7-11-4-3-5-13(11)15/h6,11,13-15H,3-5,7-8H2,1-2H3. The molecule has 0 radical (unpaired) electrons. The van der Waals surface area contributed by atoms with Crippen LogP contribution >= 0.6 is 11.3 Å². The van der Waals surface area contributed by atoms with Gasteiger partial charge in [0.15, 0.2) is 0 Å². The second-order valence-electron chi connectivity index (χ2n) is 4.83. The maximum atomic E-state index is 9.71. The van der Waals surface area contributed by atoms with Crippen LogP contribution in [0.25, 0.3) is 0 Å². The summed E-state index contributed by atoms with van der Waals surface area (Å²) in [6.07, 6.45) is 3.28. The molecule has 2 nitrogen and oxygen atoms in total. The molecule has 2 atom stereocenters. The Kier molecular flexibility index (Phi) is 4.00. The zero-order valence-electron chi connectivity index (χ0n) is 10.1. The largest absolute Gasteiger partial charge is 0.393 e. The van der Waals surface area contributed by atoms with Crippen molar-refractivity contribution in [2.75, 3.05) is 6.54 Å². The molecule has 0 bridgehead atoms. The molecule has 0 aromatic carbocycles. The first kappa shape index (κ1) is 12.1. The van der Waals surface area contributed by atoms with E-state index in [0.29, 0.717) is 5.92 Å². The lowest BCUT2D eigenvalue weighted by Gasteiger charge is -2.14. The van der Waals surface area contributed by atoms with Gasteiger partial charge in [-0.05, 0) is 44.2 Å². The molecule has 1 aliphatic rings. The van der Waals surface area contributed by atoms with E-state index in [0.717, 1.165) is 19.5 Å². The number of aryl methyl sites for hydroxylation is 2. The number of nitrogens with one attached hydrogen (secondary N) is 1. The average molecular weight is 239 g/mol. The number of hydrogen-bond donors (Lipinski definition) is 2. The highest BCUT2D eigenvalue weighted by molar-refractivity contribution is 7.12. The molecule has 0 amide bonds. The molecule has 0 spiro atoms. The van der Waals surface area contributed by atoms with Gasteiger partial charge < -0.3 is 10.4 Å². The highest BCUT2D eigenvalue weighted by Gasteiger charge is 2.24. The molecule has 1 heterocycles. The molecular weight excluding hydrogens is 218 g/mol. The summed E-state index contributed by atoms with van der Waals surface area (Å²) in [5.74, 6) is 0.472. The first-order valence-electron chi connectivity index (χ1n) is 6.11. The van der Waals surface area contributed by atoms with E-state index in [2.05, 4.69) is 25.2 Å². The van der Waals surface area contributed by atoms with Crippen molar-refractivity contribution in [3.63, 3.8) is 0 Å². The van der Waals surface area contributed by atoms with Gasteiger partial charge in [-0.2, -0.15) is 0 Å². The topological polar surface area (TPSA) is 32.3 Å². The van der Waals surface area contributed by atoms with E-state index in [-0.39, 0.29) is 6.10 Å². The molecule has 90 valence electrons. The van der Waals surface area contributed by atoms with E-state index in [9.17, 15) is 5.11 Å². The van der Waals surface area contributed by atoms with E-state index in [1.165, 1.54) is 28.2 Å². The van der Waals surface area contributed by atoms with Crippen molar-refractivity contribution in [2.24, 2.45) is 5.92 Å². The lowest BCUT2D eigenvalue weighted by atomic mass is 10.1. The fourth-order valence-electron chi connectivity index (χ4n) is 2.51. The fraction of sp³-hybridized carbons (Fsp3) is 0.692. The third-order valence-electron chi connectivity index (χ3n) is 3.48. The van der Waals surface area contributed by atoms with Gasteiger partial charge in [0, 0.05) is 22.8 Å². The first-order valence-corrected chi connectivity index (χ1v) is 6.93. The summed E-state index contributed by atoms with van der Waals surface area (Å²) in [5.41, 5.74) is 1.41. The molecule has 2 N–H and O–H groups in total. The molecule has 0 saturated heterocycles. The Hall–Kier alpha value is -0.380. The zero-order valence-corrected chi connectivity index (χ0v) is 10.9. The quantitative estimate of drug-likeness (QED) is 0.846. The summed E-state index contributed by atoms with van der Waals surface area (Å²) in [7, 11) is 0. The minimum Gasteiger partial charge on any atom is -0.393 e. The van der Waals surface area contributed by atoms with Crippen LogP contribution in [0.15, 0.2) is 6.07 Å². The van der Waals surface area contributed by atoms with Crippen molar-refractivity contribution < 1.29 is 5.11 Å². The molecule has 2 unspecified atom stereocenters. The molecule has 1 saturated carbocycles. The maximum Gasteiger partial charge on any atom is 0.0580 e. The fourth-order valence-corrected chi connectivity index (χ4v) is 3.45. The van der Waals surface area contributed by atoms with Crippen LogP contribution in [0.5, 0.6) is 0 Å². The number of hydrogen-bond acceptors (Lipinski definition) is 3. The van der Waals surface area contributed by atoms with Gasteiger partial charge in [0.05, 0.1) is 6.10 Å². The Labute approximate surface area is 102 Å². The molecule has 1 fully saturated rings. The van der Waals surface area contributed by atoms with Crippen LogP contribution < -0.4 is 5.32 Å². The highest BCUT2D eigenvalue weighted by Crippen LogP contribution is 2.25. The normalized spacial score (nSPS) is 25.2. The second-order valence-corrected chi connectivity index (χ2v) is 6.29. The summed E-state index contributed by atoms with van der Waals surface area (Å²) in [4.78, 5) is 2.80. The van der Waals surface area contributed by atoms with E-state index in [1.54, 1.807) is 0 Å². The molecule has 3 heteroatoms. The molecule has 2 rings (SSSR count). The van der Waals surface area contributed by atoms with Crippen molar-refractivity contribution in [2.45, 2.75) is 45.8 Å². The summed E-state index contributed by atoms with van der Waals surface area (Å²) in [6.45, 7) is 6.23. The minimum atomic E-state index is -0.0715. The van der Waals surface area contributed by atoms with Crippen LogP contribution in [-0.2, 0) is 6.54 Å². The average Bonchev–Trinajstić information content (AvgIpc) is 2.75. The summed E-state index contributed by atoms with van der Waals surface area (Å²) in [5, 5.41) is 13.2. The molecule has 1 aromatic rings. The van der Waals surface area contributed by atoms with Crippen molar-refractivity contribution in [1.29, 1.82) is 0 Å². The molecule has 16 heavy (non-hydrogen) atoms. The van der Waals surface area contributed by atoms with Gasteiger partial charge in [0.1, 0.15) is 0 Å².